The second-order valence-electron chi connectivity index (χ2n) is 3.78. The Morgan fingerprint density at radius 1 is 1.28 bits per heavy atom. The first-order valence-corrected chi connectivity index (χ1v) is 5.73. The lowest BCUT2D eigenvalue weighted by atomic mass is 10.2. The molecule has 2 aromatic rings. The van der Waals surface area contributed by atoms with Crippen LogP contribution in [0.3, 0.4) is 0 Å². The van der Waals surface area contributed by atoms with Crippen LogP contribution in [0.15, 0.2) is 30.6 Å². The predicted molar refractivity (Wildman–Crippen MR) is 72.4 cm³/mol. The van der Waals surface area contributed by atoms with Crippen molar-refractivity contribution in [2.45, 2.75) is 6.42 Å². The molecule has 2 aromatic heterocycles. The molecule has 0 radical (unpaired) electrons. The van der Waals surface area contributed by atoms with Crippen molar-refractivity contribution in [3.8, 4) is 0 Å². The van der Waals surface area contributed by atoms with E-state index in [1.54, 1.807) is 13.2 Å². The maximum Gasteiger partial charge on any atom is 0.223 e. The maximum atomic E-state index is 5.61. The number of hydrogen-bond donors (Lipinski definition) is 3. The minimum atomic E-state index is 0.255. The topological polar surface area (TPSA) is 88.8 Å². The fourth-order valence-corrected chi connectivity index (χ4v) is 1.57. The van der Waals surface area contributed by atoms with Crippen LogP contribution in [0.2, 0.25) is 0 Å². The number of nitrogens with zero attached hydrogens (tertiary/aromatic N) is 3. The third-order valence-electron chi connectivity index (χ3n) is 2.44. The normalized spacial score (nSPS) is 10.1. The minimum absolute atomic E-state index is 0.255. The van der Waals surface area contributed by atoms with Crippen molar-refractivity contribution < 1.29 is 0 Å². The van der Waals surface area contributed by atoms with E-state index in [1.165, 1.54) is 5.56 Å². The highest BCUT2D eigenvalue weighted by atomic mass is 15.1. The fourth-order valence-electron chi connectivity index (χ4n) is 1.57. The van der Waals surface area contributed by atoms with Crippen molar-refractivity contribution in [3.63, 3.8) is 0 Å². The average molecular weight is 244 g/mol. The fraction of sp³-hybridized carbons (Fsp3) is 0.250. The summed E-state index contributed by atoms with van der Waals surface area (Å²) in [6.07, 6.45) is 4.50. The van der Waals surface area contributed by atoms with Crippen LogP contribution < -0.4 is 16.4 Å². The van der Waals surface area contributed by atoms with Gasteiger partial charge in [-0.05, 0) is 18.1 Å². The third-order valence-corrected chi connectivity index (χ3v) is 2.44. The summed E-state index contributed by atoms with van der Waals surface area (Å²) < 4.78 is 0. The van der Waals surface area contributed by atoms with Gasteiger partial charge in [-0.15, -0.1) is 0 Å². The number of hydrogen-bond acceptors (Lipinski definition) is 6. The summed E-state index contributed by atoms with van der Waals surface area (Å²) in [6, 6.07) is 5.79. The van der Waals surface area contributed by atoms with Gasteiger partial charge in [0, 0.05) is 32.1 Å². The Balaban J connectivity index is 1.92. The van der Waals surface area contributed by atoms with E-state index in [0.29, 0.717) is 5.82 Å². The van der Waals surface area contributed by atoms with Crippen molar-refractivity contribution in [1.82, 2.24) is 15.0 Å². The number of rotatable bonds is 5. The average Bonchev–Trinajstić information content (AvgIpc) is 2.39. The molecule has 94 valence electrons. The Morgan fingerprint density at radius 3 is 2.83 bits per heavy atom. The molecule has 2 heterocycles. The molecule has 6 nitrogen and oxygen atoms in total. The summed E-state index contributed by atoms with van der Waals surface area (Å²) in [5, 5.41) is 6.14. The van der Waals surface area contributed by atoms with Crippen molar-refractivity contribution in [2.24, 2.45) is 0 Å². The SMILES string of the molecule is CNc1cc(NCCc2cccnc2)nc(N)n1. The Labute approximate surface area is 106 Å². The molecule has 0 aliphatic heterocycles. The molecule has 0 amide bonds. The van der Waals surface area contributed by atoms with Crippen LogP contribution in [-0.4, -0.2) is 28.5 Å². The molecule has 0 fully saturated rings. The molecule has 0 aliphatic carbocycles. The number of nitrogens with one attached hydrogen (secondary N) is 2. The quantitative estimate of drug-likeness (QED) is 0.731. The van der Waals surface area contributed by atoms with Crippen molar-refractivity contribution >= 4 is 17.6 Å². The highest BCUT2D eigenvalue weighted by molar-refractivity contribution is 5.50. The number of pyridine rings is 1. The molecule has 0 saturated heterocycles. The van der Waals surface area contributed by atoms with Gasteiger partial charge in [0.05, 0.1) is 0 Å². The van der Waals surface area contributed by atoms with E-state index in [1.807, 2.05) is 24.4 Å². The summed E-state index contributed by atoms with van der Waals surface area (Å²) in [4.78, 5) is 12.2. The van der Waals surface area contributed by atoms with Gasteiger partial charge in [-0.25, -0.2) is 0 Å². The van der Waals surface area contributed by atoms with Gasteiger partial charge in [-0.2, -0.15) is 9.97 Å². The summed E-state index contributed by atoms with van der Waals surface area (Å²) in [5.74, 6) is 1.67. The highest BCUT2D eigenvalue weighted by Crippen LogP contribution is 2.11. The Morgan fingerprint density at radius 2 is 2.11 bits per heavy atom. The van der Waals surface area contributed by atoms with Gasteiger partial charge in [0.25, 0.3) is 0 Å². The van der Waals surface area contributed by atoms with Gasteiger partial charge in [0.15, 0.2) is 0 Å². The predicted octanol–water partition coefficient (Wildman–Crippen LogP) is 1.15. The number of anilines is 3. The van der Waals surface area contributed by atoms with Gasteiger partial charge in [0.2, 0.25) is 5.95 Å². The third kappa shape index (κ3) is 3.31. The van der Waals surface area contributed by atoms with Crippen LogP contribution in [0, 0.1) is 0 Å². The second-order valence-corrected chi connectivity index (χ2v) is 3.78. The summed E-state index contributed by atoms with van der Waals surface area (Å²) in [5.41, 5.74) is 6.79. The first-order chi connectivity index (χ1) is 8.78. The Bertz CT molecular complexity index is 499. The molecule has 6 heteroatoms. The van der Waals surface area contributed by atoms with Gasteiger partial charge in [0.1, 0.15) is 11.6 Å². The number of nitrogens with two attached hydrogens (primary N) is 1. The number of aromatic nitrogens is 3. The van der Waals surface area contributed by atoms with E-state index in [-0.39, 0.29) is 5.95 Å². The molecule has 0 bridgehead atoms. The van der Waals surface area contributed by atoms with Crippen LogP contribution in [0.4, 0.5) is 17.6 Å². The summed E-state index contributed by atoms with van der Waals surface area (Å²) in [7, 11) is 1.79. The van der Waals surface area contributed by atoms with E-state index in [9.17, 15) is 0 Å². The lowest BCUT2D eigenvalue weighted by molar-refractivity contribution is 0.990. The summed E-state index contributed by atoms with van der Waals surface area (Å²) in [6.45, 7) is 0.769. The van der Waals surface area contributed by atoms with Crippen LogP contribution in [0.25, 0.3) is 0 Å². The molecular formula is C12H16N6. The highest BCUT2D eigenvalue weighted by Gasteiger charge is 2.00. The molecule has 18 heavy (non-hydrogen) atoms. The zero-order valence-corrected chi connectivity index (χ0v) is 10.2. The van der Waals surface area contributed by atoms with E-state index >= 15 is 0 Å². The summed E-state index contributed by atoms with van der Waals surface area (Å²) >= 11 is 0. The van der Waals surface area contributed by atoms with Gasteiger partial charge < -0.3 is 16.4 Å². The smallest absolute Gasteiger partial charge is 0.223 e. The lowest BCUT2D eigenvalue weighted by Gasteiger charge is -2.07. The van der Waals surface area contributed by atoms with Crippen molar-refractivity contribution in [1.29, 1.82) is 0 Å². The molecule has 0 unspecified atom stereocenters. The second kappa shape index (κ2) is 5.81. The lowest BCUT2D eigenvalue weighted by Crippen LogP contribution is -2.09. The first-order valence-electron chi connectivity index (χ1n) is 5.73. The van der Waals surface area contributed by atoms with Gasteiger partial charge >= 0.3 is 0 Å². The zero-order valence-electron chi connectivity index (χ0n) is 10.2. The minimum Gasteiger partial charge on any atom is -0.373 e. The van der Waals surface area contributed by atoms with Crippen LogP contribution in [0.5, 0.6) is 0 Å². The molecular weight excluding hydrogens is 228 g/mol. The maximum absolute atomic E-state index is 5.61. The Hall–Kier alpha value is -2.37. The molecule has 0 aromatic carbocycles. The van der Waals surface area contributed by atoms with E-state index in [0.717, 1.165) is 18.8 Å². The van der Waals surface area contributed by atoms with Crippen LogP contribution in [0.1, 0.15) is 5.56 Å². The molecule has 0 aliphatic rings. The van der Waals surface area contributed by atoms with E-state index in [2.05, 4.69) is 25.6 Å². The van der Waals surface area contributed by atoms with Crippen LogP contribution >= 0.6 is 0 Å². The monoisotopic (exact) mass is 244 g/mol. The standard InChI is InChI=1S/C12H16N6/c1-14-10-7-11(18-12(13)17-10)16-6-4-9-3-2-5-15-8-9/h2-3,5,7-8H,4,6H2,1H3,(H4,13,14,16,17,18). The number of nitrogen functional groups attached to an aromatic ring is 1. The Kier molecular flexibility index (Phi) is 3.90. The molecule has 0 saturated carbocycles. The van der Waals surface area contributed by atoms with E-state index in [4.69, 9.17) is 5.73 Å². The molecule has 0 spiro atoms. The first kappa shape index (κ1) is 12.1. The van der Waals surface area contributed by atoms with Crippen molar-refractivity contribution in [3.05, 3.63) is 36.2 Å². The van der Waals surface area contributed by atoms with E-state index < -0.39 is 0 Å². The van der Waals surface area contributed by atoms with Gasteiger partial charge in [-0.3, -0.25) is 4.98 Å². The van der Waals surface area contributed by atoms with Gasteiger partial charge in [-0.1, -0.05) is 6.07 Å². The molecule has 2 rings (SSSR count). The van der Waals surface area contributed by atoms with Crippen LogP contribution in [-0.2, 0) is 6.42 Å². The van der Waals surface area contributed by atoms with Crippen molar-refractivity contribution in [2.75, 3.05) is 30.0 Å². The molecule has 0 atom stereocenters. The zero-order chi connectivity index (χ0) is 12.8. The largest absolute Gasteiger partial charge is 0.373 e. The molecule has 4 N–H and O–H groups in total.